The number of carboxylic acids is 2. The Balaban J connectivity index is 2.05. The molecule has 2 heterocycles. The van der Waals surface area contributed by atoms with Gasteiger partial charge in [-0.3, -0.25) is 9.69 Å². The first-order chi connectivity index (χ1) is 11.4. The summed E-state index contributed by atoms with van der Waals surface area (Å²) in [4.78, 5) is 27.3. The molecule has 1 saturated heterocycles. The molecule has 1 aliphatic heterocycles. The normalized spacial score (nSPS) is 17.9. The minimum atomic E-state index is -0.992. The number of rotatable bonds is 4. The van der Waals surface area contributed by atoms with Crippen molar-refractivity contribution < 1.29 is 19.8 Å². The highest BCUT2D eigenvalue weighted by Gasteiger charge is 2.32. The van der Waals surface area contributed by atoms with Gasteiger partial charge < -0.3 is 19.7 Å². The van der Waals surface area contributed by atoms with E-state index in [-0.39, 0.29) is 5.56 Å². The SMILES string of the molecule is CN1CCN([C@H](C(=O)O)c2cn(C)c3cc(C(=O)O)ccc23)CC1. The highest BCUT2D eigenvalue weighted by molar-refractivity contribution is 5.96. The fraction of sp³-hybridized carbons (Fsp3) is 0.412. The van der Waals surface area contributed by atoms with Crippen LogP contribution in [0.3, 0.4) is 0 Å². The number of aryl methyl sites for hydroxylation is 1. The van der Waals surface area contributed by atoms with E-state index in [1.807, 2.05) is 11.9 Å². The van der Waals surface area contributed by atoms with Crippen LogP contribution in [0.1, 0.15) is 22.0 Å². The number of aromatic carboxylic acids is 1. The number of fused-ring (bicyclic) bond motifs is 1. The van der Waals surface area contributed by atoms with Crippen molar-refractivity contribution in [2.45, 2.75) is 6.04 Å². The molecule has 1 fully saturated rings. The molecule has 0 saturated carbocycles. The number of likely N-dealkylation sites (N-methyl/N-ethyl adjacent to an activating group) is 1. The molecule has 24 heavy (non-hydrogen) atoms. The van der Waals surface area contributed by atoms with E-state index in [0.29, 0.717) is 18.7 Å². The van der Waals surface area contributed by atoms with Crippen LogP contribution < -0.4 is 0 Å². The quantitative estimate of drug-likeness (QED) is 0.877. The van der Waals surface area contributed by atoms with Gasteiger partial charge in [0.2, 0.25) is 0 Å². The van der Waals surface area contributed by atoms with E-state index >= 15 is 0 Å². The molecule has 2 N–H and O–H groups in total. The topological polar surface area (TPSA) is 86.0 Å². The van der Waals surface area contributed by atoms with Crippen LogP contribution in [0.4, 0.5) is 0 Å². The Bertz CT molecular complexity index is 790. The van der Waals surface area contributed by atoms with Gasteiger partial charge in [-0.2, -0.15) is 0 Å². The Morgan fingerprint density at radius 1 is 1.08 bits per heavy atom. The summed E-state index contributed by atoms with van der Waals surface area (Å²) in [6, 6.07) is 4.10. The van der Waals surface area contributed by atoms with E-state index in [1.165, 1.54) is 6.07 Å². The number of nitrogens with zero attached hydrogens (tertiary/aromatic N) is 3. The monoisotopic (exact) mass is 331 g/mol. The first kappa shape index (κ1) is 16.5. The van der Waals surface area contributed by atoms with Crippen LogP contribution in [0.2, 0.25) is 0 Å². The molecule has 3 rings (SSSR count). The van der Waals surface area contributed by atoms with Gasteiger partial charge in [-0.05, 0) is 19.2 Å². The number of carbonyl (C=O) groups is 2. The molecule has 7 nitrogen and oxygen atoms in total. The number of hydrogen-bond acceptors (Lipinski definition) is 4. The van der Waals surface area contributed by atoms with Crippen molar-refractivity contribution in [3.05, 3.63) is 35.5 Å². The van der Waals surface area contributed by atoms with Gasteiger partial charge in [-0.15, -0.1) is 0 Å². The van der Waals surface area contributed by atoms with Gasteiger partial charge in [0.25, 0.3) is 0 Å². The summed E-state index contributed by atoms with van der Waals surface area (Å²) < 4.78 is 1.79. The fourth-order valence-electron chi connectivity index (χ4n) is 3.33. The largest absolute Gasteiger partial charge is 0.480 e. The molecule has 0 amide bonds. The van der Waals surface area contributed by atoms with E-state index in [1.54, 1.807) is 29.9 Å². The predicted molar refractivity (Wildman–Crippen MR) is 89.3 cm³/mol. The average molecular weight is 331 g/mol. The Morgan fingerprint density at radius 3 is 2.33 bits per heavy atom. The van der Waals surface area contributed by atoms with Gasteiger partial charge in [0.1, 0.15) is 6.04 Å². The molecular weight excluding hydrogens is 310 g/mol. The smallest absolute Gasteiger partial charge is 0.335 e. The third-order valence-electron chi connectivity index (χ3n) is 4.70. The van der Waals surface area contributed by atoms with Crippen molar-refractivity contribution >= 4 is 22.8 Å². The van der Waals surface area contributed by atoms with Crippen LogP contribution in [0, 0.1) is 0 Å². The number of hydrogen-bond donors (Lipinski definition) is 2. The van der Waals surface area contributed by atoms with E-state index in [4.69, 9.17) is 5.11 Å². The molecule has 1 atom stereocenters. The summed E-state index contributed by atoms with van der Waals surface area (Å²) in [7, 11) is 3.83. The second-order valence-electron chi connectivity index (χ2n) is 6.31. The first-order valence-electron chi connectivity index (χ1n) is 7.86. The van der Waals surface area contributed by atoms with Crippen LogP contribution in [-0.4, -0.2) is 69.7 Å². The maximum atomic E-state index is 12.0. The van der Waals surface area contributed by atoms with Gasteiger partial charge in [-0.1, -0.05) is 6.07 Å². The maximum Gasteiger partial charge on any atom is 0.335 e. The minimum absolute atomic E-state index is 0.196. The molecule has 2 aromatic rings. The first-order valence-corrected chi connectivity index (χ1v) is 7.86. The lowest BCUT2D eigenvalue weighted by molar-refractivity contribution is -0.144. The lowest BCUT2D eigenvalue weighted by Crippen LogP contribution is -2.47. The predicted octanol–water partition coefficient (Wildman–Crippen LogP) is 1.25. The number of benzene rings is 1. The summed E-state index contributed by atoms with van der Waals surface area (Å²) in [5.74, 6) is -1.87. The zero-order chi connectivity index (χ0) is 17.4. The van der Waals surface area contributed by atoms with Gasteiger partial charge in [0.05, 0.1) is 5.56 Å². The molecule has 1 aliphatic rings. The van der Waals surface area contributed by atoms with E-state index < -0.39 is 18.0 Å². The van der Waals surface area contributed by atoms with Crippen LogP contribution in [-0.2, 0) is 11.8 Å². The molecular formula is C17H21N3O4. The molecule has 0 bridgehead atoms. The molecule has 0 aliphatic carbocycles. The second-order valence-corrected chi connectivity index (χ2v) is 6.31. The van der Waals surface area contributed by atoms with Crippen molar-refractivity contribution in [3.63, 3.8) is 0 Å². The molecule has 0 spiro atoms. The zero-order valence-corrected chi connectivity index (χ0v) is 13.8. The minimum Gasteiger partial charge on any atom is -0.480 e. The lowest BCUT2D eigenvalue weighted by Gasteiger charge is -2.36. The number of carboxylic acid groups (broad SMARTS) is 2. The number of piperazine rings is 1. The van der Waals surface area contributed by atoms with E-state index in [2.05, 4.69) is 4.90 Å². The van der Waals surface area contributed by atoms with Crippen LogP contribution >= 0.6 is 0 Å². The fourth-order valence-corrected chi connectivity index (χ4v) is 3.33. The highest BCUT2D eigenvalue weighted by Crippen LogP contribution is 2.31. The van der Waals surface area contributed by atoms with E-state index in [9.17, 15) is 14.7 Å². The van der Waals surface area contributed by atoms with Crippen molar-refractivity contribution in [3.8, 4) is 0 Å². The van der Waals surface area contributed by atoms with Crippen molar-refractivity contribution in [2.24, 2.45) is 7.05 Å². The van der Waals surface area contributed by atoms with Gasteiger partial charge in [-0.25, -0.2) is 4.79 Å². The maximum absolute atomic E-state index is 12.0. The molecule has 1 aromatic carbocycles. The van der Waals surface area contributed by atoms with E-state index in [0.717, 1.165) is 24.0 Å². The Kier molecular flexibility index (Phi) is 4.29. The average Bonchev–Trinajstić information content (AvgIpc) is 2.85. The highest BCUT2D eigenvalue weighted by atomic mass is 16.4. The third-order valence-corrected chi connectivity index (χ3v) is 4.70. The van der Waals surface area contributed by atoms with Crippen LogP contribution in [0.15, 0.2) is 24.4 Å². The van der Waals surface area contributed by atoms with Gasteiger partial charge in [0, 0.05) is 55.9 Å². The third kappa shape index (κ3) is 2.88. The zero-order valence-electron chi connectivity index (χ0n) is 13.8. The summed E-state index contributed by atoms with van der Waals surface area (Å²) >= 11 is 0. The number of aliphatic carboxylic acids is 1. The van der Waals surface area contributed by atoms with Crippen LogP contribution in [0.25, 0.3) is 10.9 Å². The second kappa shape index (κ2) is 6.26. The Hall–Kier alpha value is -2.38. The van der Waals surface area contributed by atoms with Crippen molar-refractivity contribution in [2.75, 3.05) is 33.2 Å². The number of aromatic nitrogens is 1. The molecule has 128 valence electrons. The summed E-state index contributed by atoms with van der Waals surface area (Å²) in [6.45, 7) is 3.05. The Morgan fingerprint density at radius 2 is 1.75 bits per heavy atom. The summed E-state index contributed by atoms with van der Waals surface area (Å²) in [6.07, 6.45) is 1.80. The van der Waals surface area contributed by atoms with Gasteiger partial charge in [0.15, 0.2) is 0 Å². The van der Waals surface area contributed by atoms with Crippen molar-refractivity contribution in [1.82, 2.24) is 14.4 Å². The van der Waals surface area contributed by atoms with Crippen LogP contribution in [0.5, 0.6) is 0 Å². The summed E-state index contributed by atoms with van der Waals surface area (Å²) in [5, 5.41) is 19.7. The van der Waals surface area contributed by atoms with Crippen molar-refractivity contribution in [1.29, 1.82) is 0 Å². The lowest BCUT2D eigenvalue weighted by atomic mass is 10.0. The molecule has 0 radical (unpaired) electrons. The summed E-state index contributed by atoms with van der Waals surface area (Å²) in [5.41, 5.74) is 1.63. The molecule has 0 unspecified atom stereocenters. The molecule has 1 aromatic heterocycles. The Labute approximate surface area is 139 Å². The molecule has 7 heteroatoms. The standard InChI is InChI=1S/C17H21N3O4/c1-18-5-7-20(8-6-18)15(17(23)24)13-10-19(2)14-9-11(16(21)22)3-4-12(13)14/h3-4,9-10,15H,5-8H2,1-2H3,(H,21,22)(H,23,24)/t15-/m0/s1. The van der Waals surface area contributed by atoms with Gasteiger partial charge >= 0.3 is 11.9 Å².